The third-order valence-electron chi connectivity index (χ3n) is 3.52. The summed E-state index contributed by atoms with van der Waals surface area (Å²) in [6.07, 6.45) is 0. The Kier molecular flexibility index (Phi) is 4.43. The lowest BCUT2D eigenvalue weighted by atomic mass is 10.1. The highest BCUT2D eigenvalue weighted by Crippen LogP contribution is 2.24. The first-order valence-corrected chi connectivity index (χ1v) is 8.15. The van der Waals surface area contributed by atoms with Crippen LogP contribution in [0.5, 0.6) is 0 Å². The monoisotopic (exact) mass is 433 g/mol. The minimum absolute atomic E-state index is 0.0431. The number of aryl methyl sites for hydroxylation is 1. The number of nitro groups is 1. The number of hydrogen-bond donors (Lipinski definition) is 1. The number of aromatic nitrogens is 1. The third-order valence-corrected chi connectivity index (χ3v) is 4.41. The molecule has 2 aromatic carbocycles. The van der Waals surface area contributed by atoms with Crippen LogP contribution < -0.4 is 5.32 Å². The molecule has 3 rings (SSSR count). The Morgan fingerprint density at radius 2 is 2.00 bits per heavy atom. The lowest BCUT2D eigenvalue weighted by molar-refractivity contribution is -0.384. The second-order valence-corrected chi connectivity index (χ2v) is 6.37. The summed E-state index contributed by atoms with van der Waals surface area (Å²) in [6, 6.07) is 13.6. The van der Waals surface area contributed by atoms with Gasteiger partial charge in [-0.25, -0.2) is 0 Å². The molecule has 3 aromatic rings. The number of hydrogen-bond acceptors (Lipinski definition) is 4. The van der Waals surface area contributed by atoms with Crippen molar-refractivity contribution in [2.75, 3.05) is 5.32 Å². The summed E-state index contributed by atoms with van der Waals surface area (Å²) in [5.41, 5.74) is 2.51. The van der Waals surface area contributed by atoms with Crippen LogP contribution in [0.1, 0.15) is 16.1 Å². The predicted molar refractivity (Wildman–Crippen MR) is 100 cm³/mol. The van der Waals surface area contributed by atoms with Crippen molar-refractivity contribution in [2.45, 2.75) is 6.92 Å². The molecule has 6 nitrogen and oxygen atoms in total. The van der Waals surface area contributed by atoms with E-state index in [9.17, 15) is 14.9 Å². The van der Waals surface area contributed by atoms with Gasteiger partial charge in [-0.2, -0.15) is 0 Å². The Bertz CT molecular complexity index is 972. The van der Waals surface area contributed by atoms with E-state index in [1.54, 1.807) is 6.07 Å². The Morgan fingerprint density at radius 3 is 2.71 bits per heavy atom. The molecule has 0 aliphatic heterocycles. The lowest BCUT2D eigenvalue weighted by Gasteiger charge is -2.10. The van der Waals surface area contributed by atoms with Gasteiger partial charge in [-0.15, -0.1) is 0 Å². The summed E-state index contributed by atoms with van der Waals surface area (Å²) >= 11 is 1.92. The summed E-state index contributed by atoms with van der Waals surface area (Å²) < 4.78 is 0.517. The number of non-ortho nitro benzene ring substituents is 1. The molecule has 0 saturated carbocycles. The highest BCUT2D eigenvalue weighted by atomic mass is 127. The van der Waals surface area contributed by atoms with Crippen molar-refractivity contribution in [3.8, 4) is 0 Å². The van der Waals surface area contributed by atoms with Crippen LogP contribution in [0.2, 0.25) is 0 Å². The van der Waals surface area contributed by atoms with E-state index in [2.05, 4.69) is 10.3 Å². The Morgan fingerprint density at radius 1 is 1.21 bits per heavy atom. The molecule has 0 aliphatic carbocycles. The van der Waals surface area contributed by atoms with E-state index in [0.29, 0.717) is 20.3 Å². The number of benzene rings is 2. The zero-order valence-electron chi connectivity index (χ0n) is 12.6. The number of nitrogens with one attached hydrogen (secondary N) is 1. The average Bonchev–Trinajstić information content (AvgIpc) is 2.55. The summed E-state index contributed by atoms with van der Waals surface area (Å²) in [6.45, 7) is 1.89. The molecule has 24 heavy (non-hydrogen) atoms. The van der Waals surface area contributed by atoms with Crippen molar-refractivity contribution in [1.29, 1.82) is 0 Å². The number of halogens is 1. The van der Waals surface area contributed by atoms with Gasteiger partial charge < -0.3 is 5.32 Å². The number of carbonyl (C=O) groups is 1. The number of pyridine rings is 1. The summed E-state index contributed by atoms with van der Waals surface area (Å²) in [7, 11) is 0. The molecule has 0 saturated heterocycles. The number of rotatable bonds is 3. The standard InChI is InChI=1S/C17H12IN3O3/c1-10-5-6-11-3-2-4-15(16(11)19-10)20-17(22)13-8-7-12(21(23)24)9-14(13)18/h2-9H,1H3,(H,20,22). The summed E-state index contributed by atoms with van der Waals surface area (Å²) in [5.74, 6) is -0.329. The molecule has 0 atom stereocenters. The van der Waals surface area contributed by atoms with Crippen molar-refractivity contribution in [3.05, 3.63) is 73.5 Å². The van der Waals surface area contributed by atoms with E-state index in [4.69, 9.17) is 0 Å². The highest BCUT2D eigenvalue weighted by Gasteiger charge is 2.15. The molecule has 0 fully saturated rings. The van der Waals surface area contributed by atoms with E-state index in [1.165, 1.54) is 18.2 Å². The second kappa shape index (κ2) is 6.52. The van der Waals surface area contributed by atoms with Crippen molar-refractivity contribution < 1.29 is 9.72 Å². The number of nitrogens with zero attached hydrogens (tertiary/aromatic N) is 2. The number of para-hydroxylation sites is 1. The van der Waals surface area contributed by atoms with Gasteiger partial charge in [0.1, 0.15) is 0 Å². The van der Waals surface area contributed by atoms with Crippen molar-refractivity contribution in [3.63, 3.8) is 0 Å². The van der Waals surface area contributed by atoms with Gasteiger partial charge in [-0.3, -0.25) is 19.9 Å². The predicted octanol–water partition coefficient (Wildman–Crippen LogP) is 4.31. The van der Waals surface area contributed by atoms with Crippen LogP contribution in [0.3, 0.4) is 0 Å². The summed E-state index contributed by atoms with van der Waals surface area (Å²) in [5, 5.41) is 14.6. The SMILES string of the molecule is Cc1ccc2cccc(NC(=O)c3ccc([N+](=O)[O-])cc3I)c2n1. The molecule has 1 amide bonds. The molecule has 120 valence electrons. The number of amides is 1. The molecule has 0 bridgehead atoms. The minimum Gasteiger partial charge on any atom is -0.320 e. The van der Waals surface area contributed by atoms with E-state index in [0.717, 1.165) is 11.1 Å². The molecule has 0 spiro atoms. The zero-order chi connectivity index (χ0) is 17.3. The van der Waals surface area contributed by atoms with Gasteiger partial charge in [0.2, 0.25) is 0 Å². The van der Waals surface area contributed by atoms with Crippen LogP contribution >= 0.6 is 22.6 Å². The molecule has 0 radical (unpaired) electrons. The van der Waals surface area contributed by atoms with E-state index in [-0.39, 0.29) is 11.6 Å². The fourth-order valence-electron chi connectivity index (χ4n) is 2.34. The smallest absolute Gasteiger partial charge is 0.270 e. The quantitative estimate of drug-likeness (QED) is 0.379. The highest BCUT2D eigenvalue weighted by molar-refractivity contribution is 14.1. The second-order valence-electron chi connectivity index (χ2n) is 5.21. The van der Waals surface area contributed by atoms with E-state index >= 15 is 0 Å². The minimum atomic E-state index is -0.485. The van der Waals surface area contributed by atoms with Crippen LogP contribution in [0.15, 0.2) is 48.5 Å². The zero-order valence-corrected chi connectivity index (χ0v) is 14.8. The number of carbonyl (C=O) groups excluding carboxylic acids is 1. The Balaban J connectivity index is 1.96. The topological polar surface area (TPSA) is 85.1 Å². The van der Waals surface area contributed by atoms with Crippen molar-refractivity contribution in [1.82, 2.24) is 4.98 Å². The van der Waals surface area contributed by atoms with Crippen molar-refractivity contribution in [2.24, 2.45) is 0 Å². The first-order valence-electron chi connectivity index (χ1n) is 7.07. The number of anilines is 1. The van der Waals surface area contributed by atoms with Crippen LogP contribution in [0.4, 0.5) is 11.4 Å². The molecule has 1 N–H and O–H groups in total. The molecule has 0 unspecified atom stereocenters. The molecule has 7 heteroatoms. The van der Waals surface area contributed by atoms with Crippen LogP contribution in [-0.2, 0) is 0 Å². The summed E-state index contributed by atoms with van der Waals surface area (Å²) in [4.78, 5) is 27.3. The van der Waals surface area contributed by atoms with Gasteiger partial charge in [0, 0.05) is 26.8 Å². The fraction of sp³-hybridized carbons (Fsp3) is 0.0588. The molecule has 0 aliphatic rings. The Labute approximate surface area is 151 Å². The van der Waals surface area contributed by atoms with Crippen molar-refractivity contribution >= 4 is 50.8 Å². The van der Waals surface area contributed by atoms with Crippen LogP contribution in [0.25, 0.3) is 10.9 Å². The molecular weight excluding hydrogens is 421 g/mol. The van der Waals surface area contributed by atoms with Gasteiger partial charge in [0.05, 0.1) is 21.7 Å². The van der Waals surface area contributed by atoms with Gasteiger partial charge in [0.15, 0.2) is 0 Å². The maximum atomic E-state index is 12.5. The number of fused-ring (bicyclic) bond motifs is 1. The number of nitro benzene ring substituents is 1. The third kappa shape index (κ3) is 3.21. The first kappa shape index (κ1) is 16.3. The van der Waals surface area contributed by atoms with Crippen LogP contribution in [0, 0.1) is 20.6 Å². The maximum Gasteiger partial charge on any atom is 0.270 e. The lowest BCUT2D eigenvalue weighted by Crippen LogP contribution is -2.14. The largest absolute Gasteiger partial charge is 0.320 e. The Hall–Kier alpha value is -2.55. The van der Waals surface area contributed by atoms with E-state index < -0.39 is 4.92 Å². The van der Waals surface area contributed by atoms with Crippen LogP contribution in [-0.4, -0.2) is 15.8 Å². The van der Waals surface area contributed by atoms with E-state index in [1.807, 2.05) is 53.8 Å². The van der Waals surface area contributed by atoms with Gasteiger partial charge in [0.25, 0.3) is 11.6 Å². The van der Waals surface area contributed by atoms with Gasteiger partial charge >= 0.3 is 0 Å². The normalized spacial score (nSPS) is 10.6. The molecule has 1 aromatic heterocycles. The fourth-order valence-corrected chi connectivity index (χ4v) is 3.08. The first-order chi connectivity index (χ1) is 11.5. The molecular formula is C17H12IN3O3. The average molecular weight is 433 g/mol. The maximum absolute atomic E-state index is 12.5. The molecule has 1 heterocycles. The van der Waals surface area contributed by atoms with Gasteiger partial charge in [-0.05, 0) is 47.7 Å². The van der Waals surface area contributed by atoms with Gasteiger partial charge in [-0.1, -0.05) is 18.2 Å².